The molecule has 0 bridgehead atoms. The van der Waals surface area contributed by atoms with E-state index in [1.807, 2.05) is 30.8 Å². The number of hydrogen-bond acceptors (Lipinski definition) is 2. The van der Waals surface area contributed by atoms with Gasteiger partial charge in [-0.3, -0.25) is 0 Å². The highest BCUT2D eigenvalue weighted by atomic mass is 32.2. The molecule has 0 saturated heterocycles. The number of nitrogens with zero attached hydrogens (tertiary/aromatic N) is 2. The van der Waals surface area contributed by atoms with Gasteiger partial charge in [-0.05, 0) is 12.1 Å². The monoisotopic (exact) mass is 164 g/mol. The van der Waals surface area contributed by atoms with Crippen molar-refractivity contribution in [3.8, 4) is 0 Å². The van der Waals surface area contributed by atoms with Crippen LogP contribution in [-0.4, -0.2) is 12.6 Å². The summed E-state index contributed by atoms with van der Waals surface area (Å²) in [5, 5.41) is 0. The van der Waals surface area contributed by atoms with E-state index >= 15 is 0 Å². The Hall–Kier alpha value is -0.960. The average molecular weight is 164 g/mol. The number of hydrogen-bond donors (Lipinski definition) is 0. The van der Waals surface area contributed by atoms with Crippen LogP contribution in [0.25, 0.3) is 0 Å². The smallest absolute Gasteiger partial charge is 0.211 e. The molecule has 2 rings (SSSR count). The second-order valence-corrected chi connectivity index (χ2v) is 3.84. The lowest BCUT2D eigenvalue weighted by molar-refractivity contribution is 1.31. The number of para-hydroxylation sites is 1. The van der Waals surface area contributed by atoms with Crippen LogP contribution in [0, 0.1) is 0 Å². The molecule has 1 aromatic rings. The summed E-state index contributed by atoms with van der Waals surface area (Å²) in [4.78, 5) is 5.49. The van der Waals surface area contributed by atoms with Crippen LogP contribution in [0.4, 0.5) is 5.69 Å². The molecule has 1 aliphatic rings. The van der Waals surface area contributed by atoms with E-state index in [2.05, 4.69) is 15.4 Å². The van der Waals surface area contributed by atoms with E-state index in [0.29, 0.717) is 0 Å². The molecule has 11 heavy (non-hydrogen) atoms. The Balaban J connectivity index is 2.63. The Morgan fingerprint density at radius 3 is 3.00 bits per heavy atom. The van der Waals surface area contributed by atoms with Crippen LogP contribution in [0.2, 0.25) is 0 Å². The van der Waals surface area contributed by atoms with Gasteiger partial charge in [-0.15, -0.1) is 0 Å². The van der Waals surface area contributed by atoms with Crippen LogP contribution < -0.4 is 4.36 Å². The minimum absolute atomic E-state index is 0.0759. The van der Waals surface area contributed by atoms with Gasteiger partial charge in [-0.2, -0.15) is 0 Å². The van der Waals surface area contributed by atoms with Crippen molar-refractivity contribution in [3.63, 3.8) is 0 Å². The van der Waals surface area contributed by atoms with Gasteiger partial charge >= 0.3 is 0 Å². The molecular weight excluding hydrogens is 156 g/mol. The van der Waals surface area contributed by atoms with Crippen molar-refractivity contribution in [3.05, 3.63) is 24.3 Å². The lowest BCUT2D eigenvalue weighted by Gasteiger charge is -1.89. The van der Waals surface area contributed by atoms with Gasteiger partial charge in [0.2, 0.25) is 7.05 Å². The van der Waals surface area contributed by atoms with Gasteiger partial charge in [-0.25, -0.2) is 4.99 Å². The third-order valence-corrected chi connectivity index (χ3v) is 3.07. The molecule has 2 nitrogen and oxygen atoms in total. The minimum atomic E-state index is -0.0759. The van der Waals surface area contributed by atoms with Gasteiger partial charge in [-0.1, -0.05) is 12.1 Å². The van der Waals surface area contributed by atoms with E-state index in [1.54, 1.807) is 0 Å². The lowest BCUT2D eigenvalue weighted by Crippen LogP contribution is -1.93. The van der Waals surface area contributed by atoms with Crippen molar-refractivity contribution in [2.24, 2.45) is 4.99 Å². The lowest BCUT2D eigenvalue weighted by atomic mass is 10.3. The number of aliphatic imine (C=N–C) groups is 1. The SMILES string of the molecule is C[N+]=S1C=Nc2ccccc21. The van der Waals surface area contributed by atoms with Crippen molar-refractivity contribution < 1.29 is 0 Å². The molecule has 0 N–H and O–H groups in total. The van der Waals surface area contributed by atoms with E-state index in [-0.39, 0.29) is 10.7 Å². The zero-order valence-corrected chi connectivity index (χ0v) is 7.01. The predicted molar refractivity (Wildman–Crippen MR) is 48.3 cm³/mol. The summed E-state index contributed by atoms with van der Waals surface area (Å²) in [7, 11) is 1.75. The molecule has 0 saturated carbocycles. The Bertz CT molecular complexity index is 342. The molecule has 0 amide bonds. The third-order valence-electron chi connectivity index (χ3n) is 1.58. The Morgan fingerprint density at radius 2 is 2.18 bits per heavy atom. The molecule has 1 aromatic carbocycles. The maximum absolute atomic E-state index is 4.25. The molecule has 1 radical (unpaired) electrons. The quantitative estimate of drug-likeness (QED) is 0.555. The average Bonchev–Trinajstić information content (AvgIpc) is 2.47. The van der Waals surface area contributed by atoms with Crippen molar-refractivity contribution in [1.82, 2.24) is 4.36 Å². The maximum atomic E-state index is 4.25. The maximum Gasteiger partial charge on any atom is 0.211 e. The third kappa shape index (κ3) is 1.01. The summed E-state index contributed by atoms with van der Waals surface area (Å²) in [5.41, 5.74) is 2.98. The first-order valence-corrected chi connectivity index (χ1v) is 4.62. The van der Waals surface area contributed by atoms with E-state index in [9.17, 15) is 0 Å². The molecule has 0 fully saturated rings. The molecule has 1 heterocycles. The molecule has 1 atom stereocenters. The molecule has 55 valence electrons. The summed E-state index contributed by atoms with van der Waals surface area (Å²) >= 11 is 0. The summed E-state index contributed by atoms with van der Waals surface area (Å²) in [5.74, 6) is 0. The second-order valence-electron chi connectivity index (χ2n) is 2.20. The van der Waals surface area contributed by atoms with Crippen LogP contribution in [0.3, 0.4) is 0 Å². The fourth-order valence-corrected chi connectivity index (χ4v) is 2.22. The summed E-state index contributed by atoms with van der Waals surface area (Å²) in [6, 6.07) is 8.12. The molecule has 0 spiro atoms. The van der Waals surface area contributed by atoms with Gasteiger partial charge < -0.3 is 0 Å². The van der Waals surface area contributed by atoms with Crippen LogP contribution in [-0.2, 0) is 10.7 Å². The highest BCUT2D eigenvalue weighted by molar-refractivity contribution is 8.00. The zero-order chi connectivity index (χ0) is 7.68. The first-order valence-electron chi connectivity index (χ1n) is 3.38. The second kappa shape index (κ2) is 2.58. The normalized spacial score (nSPS) is 20.6. The van der Waals surface area contributed by atoms with Gasteiger partial charge in [0.1, 0.15) is 5.55 Å². The highest BCUT2D eigenvalue weighted by Crippen LogP contribution is 2.26. The van der Waals surface area contributed by atoms with Crippen LogP contribution in [0.5, 0.6) is 0 Å². The Morgan fingerprint density at radius 1 is 1.36 bits per heavy atom. The highest BCUT2D eigenvalue weighted by Gasteiger charge is 2.16. The topological polar surface area (TPSA) is 26.5 Å². The van der Waals surface area contributed by atoms with Crippen molar-refractivity contribution >= 4 is 21.9 Å². The predicted octanol–water partition coefficient (Wildman–Crippen LogP) is 1.49. The Labute approximate surface area is 68.1 Å². The van der Waals surface area contributed by atoms with Crippen LogP contribution in [0.15, 0.2) is 34.2 Å². The van der Waals surface area contributed by atoms with Gasteiger partial charge in [0, 0.05) is 0 Å². The molecule has 3 heteroatoms. The number of fused-ring (bicyclic) bond motifs is 1. The zero-order valence-electron chi connectivity index (χ0n) is 6.19. The molecular formula is C8H8N2S+. The first-order chi connectivity index (χ1) is 5.42. The van der Waals surface area contributed by atoms with Gasteiger partial charge in [0.25, 0.3) is 0 Å². The van der Waals surface area contributed by atoms with Gasteiger partial charge in [0.15, 0.2) is 10.7 Å². The number of rotatable bonds is 0. The van der Waals surface area contributed by atoms with Crippen LogP contribution in [0.1, 0.15) is 0 Å². The molecule has 0 aromatic heterocycles. The van der Waals surface area contributed by atoms with Gasteiger partial charge in [0.05, 0.1) is 14.9 Å². The van der Waals surface area contributed by atoms with Crippen molar-refractivity contribution in [1.29, 1.82) is 0 Å². The van der Waals surface area contributed by atoms with Crippen molar-refractivity contribution in [2.45, 2.75) is 4.90 Å². The van der Waals surface area contributed by atoms with E-state index in [0.717, 1.165) is 5.69 Å². The van der Waals surface area contributed by atoms with Crippen molar-refractivity contribution in [2.75, 3.05) is 7.05 Å². The Kier molecular flexibility index (Phi) is 1.58. The van der Waals surface area contributed by atoms with E-state index in [1.165, 1.54) is 4.90 Å². The standard InChI is InChI=1S/C8H8N2S/c1-9-11-6-10-7-4-2-3-5-8(7)11/h2-6H,1H3/q+1. The van der Waals surface area contributed by atoms with Crippen LogP contribution >= 0.6 is 0 Å². The largest absolute Gasteiger partial charge is 0.243 e. The summed E-state index contributed by atoms with van der Waals surface area (Å²) < 4.78 is 4.21. The number of benzene rings is 1. The fraction of sp³-hybridized carbons (Fsp3) is 0.125. The minimum Gasteiger partial charge on any atom is -0.243 e. The van der Waals surface area contributed by atoms with E-state index in [4.69, 9.17) is 0 Å². The molecule has 1 aliphatic heterocycles. The van der Waals surface area contributed by atoms with E-state index < -0.39 is 0 Å². The first kappa shape index (κ1) is 6.73. The summed E-state index contributed by atoms with van der Waals surface area (Å²) in [6.07, 6.45) is 0. The fourth-order valence-electron chi connectivity index (χ4n) is 1.05. The molecule has 1 unspecified atom stereocenters. The summed E-state index contributed by atoms with van der Waals surface area (Å²) in [6.45, 7) is 0. The molecule has 0 aliphatic carbocycles.